The highest BCUT2D eigenvalue weighted by atomic mass is 35.5. The number of benzene rings is 2. The lowest BCUT2D eigenvalue weighted by Gasteiger charge is -2.10. The van der Waals surface area contributed by atoms with Gasteiger partial charge in [-0.05, 0) is 18.6 Å². The maximum atomic E-state index is 6.23. The Kier molecular flexibility index (Phi) is 2.56. The van der Waals surface area contributed by atoms with E-state index in [1.54, 1.807) is 0 Å². The van der Waals surface area contributed by atoms with E-state index in [-0.39, 0.29) is 6.10 Å². The Balaban J connectivity index is 2.18. The third kappa shape index (κ3) is 1.81. The van der Waals surface area contributed by atoms with Crippen molar-refractivity contribution in [1.82, 2.24) is 0 Å². The minimum Gasteiger partial charge on any atom is -0.489 e. The molecule has 0 aliphatic carbocycles. The first-order valence-corrected chi connectivity index (χ1v) is 6.00. The maximum absolute atomic E-state index is 6.23. The Labute approximate surface area is 106 Å². The molecule has 0 saturated heterocycles. The van der Waals surface area contributed by atoms with Gasteiger partial charge in [0.1, 0.15) is 11.9 Å². The zero-order valence-corrected chi connectivity index (χ0v) is 10.1. The minimum absolute atomic E-state index is 0.00800. The fourth-order valence-corrected chi connectivity index (χ4v) is 2.47. The SMILES string of the molecule is [CH2]C1Cc2cccc(-c3ccccc3Cl)c2O1. The van der Waals surface area contributed by atoms with Crippen LogP contribution in [0.25, 0.3) is 11.1 Å². The standard InChI is InChI=1S/C15H12ClO/c1-10-9-11-5-4-7-13(15(11)17-10)12-6-2-3-8-14(12)16/h2-8,10H,1,9H2. The van der Waals surface area contributed by atoms with E-state index in [4.69, 9.17) is 16.3 Å². The van der Waals surface area contributed by atoms with Crippen molar-refractivity contribution in [2.45, 2.75) is 12.5 Å². The van der Waals surface area contributed by atoms with E-state index in [0.717, 1.165) is 28.3 Å². The number of para-hydroxylation sites is 1. The van der Waals surface area contributed by atoms with Gasteiger partial charge in [-0.3, -0.25) is 0 Å². The van der Waals surface area contributed by atoms with Crippen LogP contribution in [0.2, 0.25) is 5.02 Å². The topological polar surface area (TPSA) is 9.23 Å². The van der Waals surface area contributed by atoms with E-state index in [1.165, 1.54) is 5.56 Å². The molecule has 17 heavy (non-hydrogen) atoms. The molecule has 0 fully saturated rings. The number of halogens is 1. The first-order valence-electron chi connectivity index (χ1n) is 5.62. The number of fused-ring (bicyclic) bond motifs is 1. The van der Waals surface area contributed by atoms with Gasteiger partial charge >= 0.3 is 0 Å². The molecule has 1 aliphatic rings. The molecule has 1 heterocycles. The average molecular weight is 244 g/mol. The van der Waals surface area contributed by atoms with Gasteiger partial charge < -0.3 is 4.74 Å². The molecule has 0 saturated carbocycles. The van der Waals surface area contributed by atoms with Crippen LogP contribution in [-0.2, 0) is 6.42 Å². The van der Waals surface area contributed by atoms with Crippen molar-refractivity contribution in [3.63, 3.8) is 0 Å². The second-order valence-electron chi connectivity index (χ2n) is 4.22. The summed E-state index contributed by atoms with van der Waals surface area (Å²) in [6, 6.07) is 14.0. The molecule has 1 aliphatic heterocycles. The molecule has 2 heteroatoms. The molecule has 1 nitrogen and oxygen atoms in total. The molecule has 0 bridgehead atoms. The van der Waals surface area contributed by atoms with Crippen molar-refractivity contribution in [3.8, 4) is 16.9 Å². The van der Waals surface area contributed by atoms with Gasteiger partial charge in [-0.1, -0.05) is 48.0 Å². The summed E-state index contributed by atoms with van der Waals surface area (Å²) in [4.78, 5) is 0. The lowest BCUT2D eigenvalue weighted by molar-refractivity contribution is 0.282. The number of hydrogen-bond donors (Lipinski definition) is 0. The van der Waals surface area contributed by atoms with Crippen LogP contribution in [0, 0.1) is 6.92 Å². The van der Waals surface area contributed by atoms with Crippen LogP contribution >= 0.6 is 11.6 Å². The molecule has 0 aromatic heterocycles. The highest BCUT2D eigenvalue weighted by molar-refractivity contribution is 6.33. The van der Waals surface area contributed by atoms with Crippen LogP contribution in [0.3, 0.4) is 0 Å². The van der Waals surface area contributed by atoms with Crippen LogP contribution < -0.4 is 4.74 Å². The molecule has 1 radical (unpaired) electrons. The van der Waals surface area contributed by atoms with E-state index < -0.39 is 0 Å². The lowest BCUT2D eigenvalue weighted by atomic mass is 10.0. The minimum atomic E-state index is 0.00800. The van der Waals surface area contributed by atoms with Crippen molar-refractivity contribution >= 4 is 11.6 Å². The second-order valence-corrected chi connectivity index (χ2v) is 4.62. The van der Waals surface area contributed by atoms with Crippen molar-refractivity contribution in [1.29, 1.82) is 0 Å². The van der Waals surface area contributed by atoms with Gasteiger partial charge in [-0.2, -0.15) is 0 Å². The molecule has 1 atom stereocenters. The molecule has 0 amide bonds. The normalized spacial score (nSPS) is 17.6. The Morgan fingerprint density at radius 1 is 1.06 bits per heavy atom. The smallest absolute Gasteiger partial charge is 0.130 e. The number of ether oxygens (including phenoxy) is 1. The van der Waals surface area contributed by atoms with E-state index in [9.17, 15) is 0 Å². The van der Waals surface area contributed by atoms with E-state index in [0.29, 0.717) is 0 Å². The summed E-state index contributed by atoms with van der Waals surface area (Å²) in [5.74, 6) is 0.931. The van der Waals surface area contributed by atoms with Crippen molar-refractivity contribution < 1.29 is 4.74 Å². The Morgan fingerprint density at radius 3 is 2.65 bits per heavy atom. The summed E-state index contributed by atoms with van der Waals surface area (Å²) in [7, 11) is 0. The zero-order chi connectivity index (χ0) is 11.8. The third-order valence-corrected chi connectivity index (χ3v) is 3.32. The summed E-state index contributed by atoms with van der Waals surface area (Å²) in [5, 5.41) is 0.747. The van der Waals surface area contributed by atoms with Crippen LogP contribution in [0.1, 0.15) is 5.56 Å². The molecule has 2 aromatic carbocycles. The largest absolute Gasteiger partial charge is 0.489 e. The van der Waals surface area contributed by atoms with Gasteiger partial charge in [0.25, 0.3) is 0 Å². The van der Waals surface area contributed by atoms with Crippen molar-refractivity contribution in [2.24, 2.45) is 0 Å². The van der Waals surface area contributed by atoms with Gasteiger partial charge in [-0.15, -0.1) is 0 Å². The predicted molar refractivity (Wildman–Crippen MR) is 70.4 cm³/mol. The van der Waals surface area contributed by atoms with Crippen LogP contribution in [0.4, 0.5) is 0 Å². The highest BCUT2D eigenvalue weighted by Gasteiger charge is 2.22. The molecule has 0 N–H and O–H groups in total. The molecular formula is C15H12ClO. The van der Waals surface area contributed by atoms with Crippen LogP contribution in [0.5, 0.6) is 5.75 Å². The summed E-state index contributed by atoms with van der Waals surface area (Å²) in [6.45, 7) is 3.95. The van der Waals surface area contributed by atoms with Gasteiger partial charge in [0.05, 0.1) is 0 Å². The Morgan fingerprint density at radius 2 is 1.82 bits per heavy atom. The fraction of sp³-hybridized carbons (Fsp3) is 0.133. The maximum Gasteiger partial charge on any atom is 0.130 e. The van der Waals surface area contributed by atoms with Gasteiger partial charge in [0.2, 0.25) is 0 Å². The van der Waals surface area contributed by atoms with Gasteiger partial charge in [-0.25, -0.2) is 0 Å². The molecule has 85 valence electrons. The van der Waals surface area contributed by atoms with E-state index in [1.807, 2.05) is 36.4 Å². The van der Waals surface area contributed by atoms with Crippen molar-refractivity contribution in [2.75, 3.05) is 0 Å². The van der Waals surface area contributed by atoms with Crippen LogP contribution in [-0.4, -0.2) is 6.10 Å². The van der Waals surface area contributed by atoms with Crippen molar-refractivity contribution in [3.05, 3.63) is 60.0 Å². The summed E-state index contributed by atoms with van der Waals surface area (Å²) >= 11 is 6.23. The van der Waals surface area contributed by atoms with E-state index >= 15 is 0 Å². The van der Waals surface area contributed by atoms with Gasteiger partial charge in [0, 0.05) is 22.6 Å². The molecule has 2 aromatic rings. The highest BCUT2D eigenvalue weighted by Crippen LogP contribution is 2.40. The molecule has 3 rings (SSSR count). The monoisotopic (exact) mass is 243 g/mol. The fourth-order valence-electron chi connectivity index (χ4n) is 2.23. The summed E-state index contributed by atoms with van der Waals surface area (Å²) in [6.07, 6.45) is 0.877. The quantitative estimate of drug-likeness (QED) is 0.731. The molecule has 1 unspecified atom stereocenters. The Bertz CT molecular complexity index is 563. The zero-order valence-electron chi connectivity index (χ0n) is 9.32. The Hall–Kier alpha value is -1.47. The second kappa shape index (κ2) is 4.08. The number of rotatable bonds is 1. The van der Waals surface area contributed by atoms with Gasteiger partial charge in [0.15, 0.2) is 0 Å². The van der Waals surface area contributed by atoms with E-state index in [2.05, 4.69) is 13.0 Å². The molecule has 0 spiro atoms. The first kappa shape index (κ1) is 10.7. The predicted octanol–water partition coefficient (Wildman–Crippen LogP) is 4.14. The average Bonchev–Trinajstić information content (AvgIpc) is 2.70. The first-order chi connectivity index (χ1) is 8.25. The third-order valence-electron chi connectivity index (χ3n) is 2.99. The lowest BCUT2D eigenvalue weighted by Crippen LogP contribution is -2.06. The summed E-state index contributed by atoms with van der Waals surface area (Å²) < 4.78 is 5.78. The summed E-state index contributed by atoms with van der Waals surface area (Å²) in [5.41, 5.74) is 3.28. The number of hydrogen-bond acceptors (Lipinski definition) is 1. The molecular weight excluding hydrogens is 232 g/mol. The van der Waals surface area contributed by atoms with Crippen LogP contribution in [0.15, 0.2) is 42.5 Å².